The third kappa shape index (κ3) is 9.85. The fraction of sp³-hybridized carbons (Fsp3) is 0.625. The first-order chi connectivity index (χ1) is 9.88. The molecule has 120 valence electrons. The van der Waals surface area contributed by atoms with Gasteiger partial charge in [-0.3, -0.25) is 0 Å². The molecule has 0 aromatic carbocycles. The SMILES string of the molecule is C=C(C)C(=O)OCCCCCC(CCO)OC(=O)C(=C)C. The maximum absolute atomic E-state index is 11.4. The van der Waals surface area contributed by atoms with Gasteiger partial charge in [0.15, 0.2) is 0 Å². The number of hydrogen-bond acceptors (Lipinski definition) is 5. The number of carbonyl (C=O) groups is 2. The fourth-order valence-electron chi connectivity index (χ4n) is 1.60. The zero-order chi connectivity index (χ0) is 16.3. The van der Waals surface area contributed by atoms with Crippen LogP contribution in [-0.4, -0.2) is 36.4 Å². The molecule has 5 nitrogen and oxygen atoms in total. The van der Waals surface area contributed by atoms with Gasteiger partial charge < -0.3 is 14.6 Å². The second-order valence-corrected chi connectivity index (χ2v) is 5.09. The van der Waals surface area contributed by atoms with Crippen LogP contribution in [0, 0.1) is 0 Å². The quantitative estimate of drug-likeness (QED) is 0.360. The van der Waals surface area contributed by atoms with Gasteiger partial charge in [0, 0.05) is 24.2 Å². The lowest BCUT2D eigenvalue weighted by molar-refractivity contribution is -0.145. The van der Waals surface area contributed by atoms with E-state index in [-0.39, 0.29) is 18.7 Å². The van der Waals surface area contributed by atoms with Crippen LogP contribution in [0.5, 0.6) is 0 Å². The van der Waals surface area contributed by atoms with E-state index in [0.29, 0.717) is 30.6 Å². The van der Waals surface area contributed by atoms with Gasteiger partial charge >= 0.3 is 11.9 Å². The highest BCUT2D eigenvalue weighted by Gasteiger charge is 2.14. The Hall–Kier alpha value is -1.62. The molecule has 21 heavy (non-hydrogen) atoms. The number of ether oxygens (including phenoxy) is 2. The fourth-order valence-corrected chi connectivity index (χ4v) is 1.60. The lowest BCUT2D eigenvalue weighted by atomic mass is 10.1. The minimum atomic E-state index is -0.427. The topological polar surface area (TPSA) is 72.8 Å². The van der Waals surface area contributed by atoms with Crippen molar-refractivity contribution in [2.45, 2.75) is 52.1 Å². The highest BCUT2D eigenvalue weighted by Crippen LogP contribution is 2.12. The zero-order valence-electron chi connectivity index (χ0n) is 13.0. The molecule has 0 aliphatic rings. The summed E-state index contributed by atoms with van der Waals surface area (Å²) in [4.78, 5) is 22.6. The monoisotopic (exact) mass is 298 g/mol. The highest BCUT2D eigenvalue weighted by molar-refractivity contribution is 5.87. The molecule has 0 radical (unpaired) electrons. The molecule has 0 aliphatic carbocycles. The molecular weight excluding hydrogens is 272 g/mol. The number of unbranched alkanes of at least 4 members (excludes halogenated alkanes) is 2. The predicted octanol–water partition coefficient (Wildman–Crippen LogP) is 2.54. The maximum atomic E-state index is 11.4. The van der Waals surface area contributed by atoms with Gasteiger partial charge in [-0.15, -0.1) is 0 Å². The second-order valence-electron chi connectivity index (χ2n) is 5.09. The van der Waals surface area contributed by atoms with Crippen LogP contribution in [0.15, 0.2) is 24.3 Å². The zero-order valence-corrected chi connectivity index (χ0v) is 13.0. The summed E-state index contributed by atoms with van der Waals surface area (Å²) in [6.45, 7) is 10.6. The Morgan fingerprint density at radius 1 is 1.00 bits per heavy atom. The summed E-state index contributed by atoms with van der Waals surface area (Å²) in [5, 5.41) is 8.96. The van der Waals surface area contributed by atoms with E-state index in [9.17, 15) is 9.59 Å². The summed E-state index contributed by atoms with van der Waals surface area (Å²) < 4.78 is 10.2. The van der Waals surface area contributed by atoms with Crippen LogP contribution >= 0.6 is 0 Å². The molecule has 0 spiro atoms. The maximum Gasteiger partial charge on any atom is 0.333 e. The van der Waals surface area contributed by atoms with E-state index in [0.717, 1.165) is 19.3 Å². The van der Waals surface area contributed by atoms with Crippen LogP contribution < -0.4 is 0 Å². The number of esters is 2. The van der Waals surface area contributed by atoms with Gasteiger partial charge in [0.05, 0.1) is 6.61 Å². The van der Waals surface area contributed by atoms with Crippen molar-refractivity contribution in [1.29, 1.82) is 0 Å². The Labute approximate surface area is 126 Å². The number of rotatable bonds is 11. The van der Waals surface area contributed by atoms with Crippen molar-refractivity contribution >= 4 is 11.9 Å². The molecule has 0 saturated heterocycles. The summed E-state index contributed by atoms with van der Waals surface area (Å²) in [6.07, 6.45) is 3.24. The Morgan fingerprint density at radius 3 is 2.14 bits per heavy atom. The van der Waals surface area contributed by atoms with Crippen molar-refractivity contribution in [2.24, 2.45) is 0 Å². The van der Waals surface area contributed by atoms with Gasteiger partial charge in [-0.05, 0) is 39.5 Å². The number of aliphatic hydroxyl groups is 1. The molecular formula is C16H26O5. The molecule has 0 fully saturated rings. The summed E-state index contributed by atoms with van der Waals surface area (Å²) in [6, 6.07) is 0. The number of hydrogen-bond donors (Lipinski definition) is 1. The number of carbonyl (C=O) groups excluding carboxylic acids is 2. The smallest absolute Gasteiger partial charge is 0.333 e. The van der Waals surface area contributed by atoms with Crippen molar-refractivity contribution < 1.29 is 24.2 Å². The van der Waals surface area contributed by atoms with Crippen molar-refractivity contribution in [1.82, 2.24) is 0 Å². The van der Waals surface area contributed by atoms with Crippen molar-refractivity contribution in [3.05, 3.63) is 24.3 Å². The van der Waals surface area contributed by atoms with Crippen LogP contribution in [0.1, 0.15) is 46.0 Å². The summed E-state index contributed by atoms with van der Waals surface area (Å²) in [7, 11) is 0. The van der Waals surface area contributed by atoms with Gasteiger partial charge in [0.1, 0.15) is 6.10 Å². The standard InChI is InChI=1S/C16H26O5/c1-12(2)15(18)20-11-7-5-6-8-14(9-10-17)21-16(19)13(3)4/h14,17H,1,3,5-11H2,2,4H3. The molecule has 5 heteroatoms. The van der Waals surface area contributed by atoms with E-state index in [4.69, 9.17) is 14.6 Å². The van der Waals surface area contributed by atoms with E-state index >= 15 is 0 Å². The Balaban J connectivity index is 3.83. The van der Waals surface area contributed by atoms with Gasteiger partial charge in [0.25, 0.3) is 0 Å². The number of aliphatic hydroxyl groups excluding tert-OH is 1. The van der Waals surface area contributed by atoms with Crippen molar-refractivity contribution in [3.63, 3.8) is 0 Å². The molecule has 1 unspecified atom stereocenters. The molecule has 1 atom stereocenters. The van der Waals surface area contributed by atoms with Crippen molar-refractivity contribution in [3.8, 4) is 0 Å². The molecule has 0 aromatic rings. The van der Waals surface area contributed by atoms with E-state index in [1.165, 1.54) is 0 Å². The highest BCUT2D eigenvalue weighted by atomic mass is 16.5. The first kappa shape index (κ1) is 19.4. The third-order valence-electron chi connectivity index (χ3n) is 2.83. The Morgan fingerprint density at radius 2 is 1.62 bits per heavy atom. The van der Waals surface area contributed by atoms with Gasteiger partial charge in [0.2, 0.25) is 0 Å². The second kappa shape index (κ2) is 11.1. The van der Waals surface area contributed by atoms with E-state index in [1.807, 2.05) is 0 Å². The predicted molar refractivity (Wildman–Crippen MR) is 80.6 cm³/mol. The van der Waals surface area contributed by atoms with Gasteiger partial charge in [-0.25, -0.2) is 9.59 Å². The summed E-state index contributed by atoms with van der Waals surface area (Å²) >= 11 is 0. The molecule has 0 saturated carbocycles. The first-order valence-electron chi connectivity index (χ1n) is 7.18. The van der Waals surface area contributed by atoms with Gasteiger partial charge in [-0.2, -0.15) is 0 Å². The lowest BCUT2D eigenvalue weighted by Crippen LogP contribution is -2.20. The molecule has 0 amide bonds. The average Bonchev–Trinajstić information content (AvgIpc) is 2.41. The Bertz CT molecular complexity index is 373. The van der Waals surface area contributed by atoms with Crippen LogP contribution in [0.3, 0.4) is 0 Å². The summed E-state index contributed by atoms with van der Waals surface area (Å²) in [5.41, 5.74) is 0.745. The molecule has 1 N–H and O–H groups in total. The Kier molecular flexibility index (Phi) is 10.2. The molecule has 0 aromatic heterocycles. The van der Waals surface area contributed by atoms with E-state index in [2.05, 4.69) is 13.2 Å². The minimum absolute atomic E-state index is 0.0235. The molecule has 0 aliphatic heterocycles. The molecule has 0 bridgehead atoms. The van der Waals surface area contributed by atoms with Crippen LogP contribution in [0.25, 0.3) is 0 Å². The summed E-state index contributed by atoms with van der Waals surface area (Å²) in [5.74, 6) is -0.799. The minimum Gasteiger partial charge on any atom is -0.462 e. The van der Waals surface area contributed by atoms with E-state index < -0.39 is 5.97 Å². The van der Waals surface area contributed by atoms with Crippen molar-refractivity contribution in [2.75, 3.05) is 13.2 Å². The lowest BCUT2D eigenvalue weighted by Gasteiger charge is -2.17. The van der Waals surface area contributed by atoms with Crippen LogP contribution in [0.2, 0.25) is 0 Å². The van der Waals surface area contributed by atoms with Gasteiger partial charge in [-0.1, -0.05) is 13.2 Å². The van der Waals surface area contributed by atoms with E-state index in [1.54, 1.807) is 13.8 Å². The van der Waals surface area contributed by atoms with Crippen LogP contribution in [-0.2, 0) is 19.1 Å². The third-order valence-corrected chi connectivity index (χ3v) is 2.83. The average molecular weight is 298 g/mol. The first-order valence-corrected chi connectivity index (χ1v) is 7.18. The van der Waals surface area contributed by atoms with Crippen LogP contribution in [0.4, 0.5) is 0 Å². The molecule has 0 heterocycles. The largest absolute Gasteiger partial charge is 0.462 e. The normalized spacial score (nSPS) is 11.6. The molecule has 0 rings (SSSR count).